The van der Waals surface area contributed by atoms with Crippen LogP contribution in [0.2, 0.25) is 0 Å². The zero-order valence-corrected chi connectivity index (χ0v) is 11.2. The number of hydrogen-bond acceptors (Lipinski definition) is 5. The van der Waals surface area contributed by atoms with E-state index in [1.54, 1.807) is 13.4 Å². The molecule has 18 heavy (non-hydrogen) atoms. The standard InChI is InChI=1S/C13H22N4O/c1-3-11-12(14)15-9-16-13(11)17-6-4-10(5-7-17)8-18-2/h9-10H,3-8H2,1-2H3,(H2,14,15,16). The number of aromatic nitrogens is 2. The molecule has 0 unspecified atom stereocenters. The van der Waals surface area contributed by atoms with Gasteiger partial charge in [-0.3, -0.25) is 0 Å². The van der Waals surface area contributed by atoms with Crippen LogP contribution >= 0.6 is 0 Å². The van der Waals surface area contributed by atoms with Crippen LogP contribution in [0.25, 0.3) is 0 Å². The highest BCUT2D eigenvalue weighted by atomic mass is 16.5. The summed E-state index contributed by atoms with van der Waals surface area (Å²) in [5.41, 5.74) is 6.99. The van der Waals surface area contributed by atoms with Gasteiger partial charge in [0.25, 0.3) is 0 Å². The fraction of sp³-hybridized carbons (Fsp3) is 0.692. The van der Waals surface area contributed by atoms with Crippen molar-refractivity contribution in [2.75, 3.05) is 37.4 Å². The van der Waals surface area contributed by atoms with E-state index in [4.69, 9.17) is 10.5 Å². The van der Waals surface area contributed by atoms with Gasteiger partial charge in [-0.25, -0.2) is 9.97 Å². The maximum atomic E-state index is 5.92. The fourth-order valence-electron chi connectivity index (χ4n) is 2.58. The van der Waals surface area contributed by atoms with Crippen molar-refractivity contribution in [1.82, 2.24) is 9.97 Å². The largest absolute Gasteiger partial charge is 0.384 e. The second kappa shape index (κ2) is 6.00. The Labute approximate surface area is 108 Å². The van der Waals surface area contributed by atoms with Gasteiger partial charge in [-0.1, -0.05) is 6.92 Å². The van der Waals surface area contributed by atoms with Crippen LogP contribution in [0, 0.1) is 5.92 Å². The van der Waals surface area contributed by atoms with Gasteiger partial charge < -0.3 is 15.4 Å². The highest BCUT2D eigenvalue weighted by Gasteiger charge is 2.22. The van der Waals surface area contributed by atoms with Crippen molar-refractivity contribution in [2.45, 2.75) is 26.2 Å². The number of rotatable bonds is 4. The summed E-state index contributed by atoms with van der Waals surface area (Å²) in [4.78, 5) is 10.8. The molecule has 0 atom stereocenters. The molecule has 5 nitrogen and oxygen atoms in total. The molecule has 1 aliphatic rings. The van der Waals surface area contributed by atoms with E-state index < -0.39 is 0 Å². The van der Waals surface area contributed by atoms with Gasteiger partial charge in [-0.05, 0) is 25.2 Å². The van der Waals surface area contributed by atoms with Gasteiger partial charge in [0, 0.05) is 32.4 Å². The summed E-state index contributed by atoms with van der Waals surface area (Å²) in [7, 11) is 1.77. The molecule has 0 bridgehead atoms. The molecular formula is C13H22N4O. The molecule has 100 valence electrons. The van der Waals surface area contributed by atoms with Crippen molar-refractivity contribution in [3.05, 3.63) is 11.9 Å². The van der Waals surface area contributed by atoms with Gasteiger partial charge in [0.05, 0.1) is 0 Å². The Balaban J connectivity index is 2.07. The Bertz CT molecular complexity index is 389. The van der Waals surface area contributed by atoms with Gasteiger partial charge in [0.1, 0.15) is 18.0 Å². The molecule has 1 saturated heterocycles. The molecule has 0 amide bonds. The zero-order chi connectivity index (χ0) is 13.0. The number of hydrogen-bond donors (Lipinski definition) is 1. The van der Waals surface area contributed by atoms with E-state index in [1.165, 1.54) is 0 Å². The topological polar surface area (TPSA) is 64.3 Å². The summed E-state index contributed by atoms with van der Waals surface area (Å²) in [6.45, 7) is 5.01. The molecule has 2 heterocycles. The van der Waals surface area contributed by atoms with E-state index in [0.717, 1.165) is 50.3 Å². The minimum atomic E-state index is 0.613. The Hall–Kier alpha value is -1.36. The second-order valence-electron chi connectivity index (χ2n) is 4.80. The predicted octanol–water partition coefficient (Wildman–Crippen LogP) is 1.48. The smallest absolute Gasteiger partial charge is 0.137 e. The lowest BCUT2D eigenvalue weighted by Gasteiger charge is -2.33. The number of methoxy groups -OCH3 is 1. The molecule has 1 aromatic heterocycles. The third-order valence-corrected chi connectivity index (χ3v) is 3.63. The number of nitrogen functional groups attached to an aromatic ring is 1. The summed E-state index contributed by atoms with van der Waals surface area (Å²) in [5.74, 6) is 2.30. The molecule has 1 aromatic rings. The highest BCUT2D eigenvalue weighted by Crippen LogP contribution is 2.26. The van der Waals surface area contributed by atoms with E-state index >= 15 is 0 Å². The highest BCUT2D eigenvalue weighted by molar-refractivity contribution is 5.56. The van der Waals surface area contributed by atoms with Crippen molar-refractivity contribution in [2.24, 2.45) is 5.92 Å². The van der Waals surface area contributed by atoms with Crippen LogP contribution in [0.5, 0.6) is 0 Å². The summed E-state index contributed by atoms with van der Waals surface area (Å²) < 4.78 is 5.22. The lowest BCUT2D eigenvalue weighted by molar-refractivity contribution is 0.139. The van der Waals surface area contributed by atoms with Crippen LogP contribution in [0.1, 0.15) is 25.3 Å². The van der Waals surface area contributed by atoms with Gasteiger partial charge >= 0.3 is 0 Å². The van der Waals surface area contributed by atoms with E-state index in [0.29, 0.717) is 11.7 Å². The molecule has 0 aliphatic carbocycles. The number of anilines is 2. The number of nitrogens with zero attached hydrogens (tertiary/aromatic N) is 3. The molecule has 0 spiro atoms. The van der Waals surface area contributed by atoms with E-state index in [9.17, 15) is 0 Å². The van der Waals surface area contributed by atoms with Crippen LogP contribution in [-0.4, -0.2) is 36.8 Å². The van der Waals surface area contributed by atoms with Crippen molar-refractivity contribution >= 4 is 11.6 Å². The maximum absolute atomic E-state index is 5.92. The van der Waals surface area contributed by atoms with Crippen LogP contribution < -0.4 is 10.6 Å². The third kappa shape index (κ3) is 2.72. The Morgan fingerprint density at radius 3 is 2.72 bits per heavy atom. The van der Waals surface area contributed by atoms with Crippen molar-refractivity contribution in [1.29, 1.82) is 0 Å². The third-order valence-electron chi connectivity index (χ3n) is 3.63. The number of nitrogens with two attached hydrogens (primary N) is 1. The van der Waals surface area contributed by atoms with Crippen molar-refractivity contribution in [3.63, 3.8) is 0 Å². The predicted molar refractivity (Wildman–Crippen MR) is 72.6 cm³/mol. The quantitative estimate of drug-likeness (QED) is 0.877. The first-order chi connectivity index (χ1) is 8.76. The maximum Gasteiger partial charge on any atom is 0.137 e. The van der Waals surface area contributed by atoms with E-state index in [-0.39, 0.29) is 0 Å². The number of ether oxygens (including phenoxy) is 1. The monoisotopic (exact) mass is 250 g/mol. The molecule has 2 rings (SSSR count). The minimum Gasteiger partial charge on any atom is -0.384 e. The molecule has 0 aromatic carbocycles. The first-order valence-electron chi connectivity index (χ1n) is 6.59. The molecule has 1 fully saturated rings. The molecule has 0 radical (unpaired) electrons. The average Bonchev–Trinajstić information content (AvgIpc) is 2.40. The van der Waals surface area contributed by atoms with Crippen LogP contribution in [0.3, 0.4) is 0 Å². The van der Waals surface area contributed by atoms with Gasteiger partial charge in [-0.2, -0.15) is 0 Å². The summed E-state index contributed by atoms with van der Waals surface area (Å²) in [6, 6.07) is 0. The van der Waals surface area contributed by atoms with Gasteiger partial charge in [0.15, 0.2) is 0 Å². The normalized spacial score (nSPS) is 17.1. The number of piperidine rings is 1. The van der Waals surface area contributed by atoms with Crippen LogP contribution in [0.4, 0.5) is 11.6 Å². The molecule has 1 aliphatic heterocycles. The summed E-state index contributed by atoms with van der Waals surface area (Å²) >= 11 is 0. The van der Waals surface area contributed by atoms with Crippen molar-refractivity contribution < 1.29 is 4.74 Å². The first kappa shape index (κ1) is 13.1. The zero-order valence-electron chi connectivity index (χ0n) is 11.2. The summed E-state index contributed by atoms with van der Waals surface area (Å²) in [5, 5.41) is 0. The van der Waals surface area contributed by atoms with E-state index in [1.807, 2.05) is 0 Å². The van der Waals surface area contributed by atoms with E-state index in [2.05, 4.69) is 21.8 Å². The van der Waals surface area contributed by atoms with Gasteiger partial charge in [-0.15, -0.1) is 0 Å². The molecule has 2 N–H and O–H groups in total. The molecular weight excluding hydrogens is 228 g/mol. The Morgan fingerprint density at radius 1 is 1.39 bits per heavy atom. The lowest BCUT2D eigenvalue weighted by Crippen LogP contribution is -2.36. The van der Waals surface area contributed by atoms with Gasteiger partial charge in [0.2, 0.25) is 0 Å². The fourth-order valence-corrected chi connectivity index (χ4v) is 2.58. The summed E-state index contributed by atoms with van der Waals surface area (Å²) in [6.07, 6.45) is 4.74. The Morgan fingerprint density at radius 2 is 2.11 bits per heavy atom. The molecule has 0 saturated carbocycles. The van der Waals surface area contributed by atoms with Crippen molar-refractivity contribution in [3.8, 4) is 0 Å². The SMILES string of the molecule is CCc1c(N)ncnc1N1CCC(COC)CC1. The van der Waals surface area contributed by atoms with Crippen LogP contribution in [-0.2, 0) is 11.2 Å². The second-order valence-corrected chi connectivity index (χ2v) is 4.80. The Kier molecular flexibility index (Phi) is 4.36. The van der Waals surface area contributed by atoms with Crippen LogP contribution in [0.15, 0.2) is 6.33 Å². The first-order valence-corrected chi connectivity index (χ1v) is 6.59. The minimum absolute atomic E-state index is 0.613. The lowest BCUT2D eigenvalue weighted by atomic mass is 9.97. The average molecular weight is 250 g/mol. The molecule has 5 heteroatoms.